The molecule has 3 heteroatoms. The van der Waals surface area contributed by atoms with E-state index in [1.165, 1.54) is 0 Å². The van der Waals surface area contributed by atoms with Gasteiger partial charge in [0.05, 0.1) is 6.61 Å². The minimum absolute atomic E-state index is 0.637. The first-order valence-electron chi connectivity index (χ1n) is 2.73. The third-order valence-electron chi connectivity index (χ3n) is 0.934. The monoisotopic (exact) mass is 143 g/mol. The summed E-state index contributed by atoms with van der Waals surface area (Å²) in [5, 5.41) is 3.07. The maximum absolute atomic E-state index is 4.89. The predicted octanol–water partition coefficient (Wildman–Crippen LogP) is 1.60. The molecule has 0 N–H and O–H groups in total. The van der Waals surface area contributed by atoms with Crippen molar-refractivity contribution in [3.63, 3.8) is 0 Å². The summed E-state index contributed by atoms with van der Waals surface area (Å²) in [7, 11) is 1.68. The average Bonchev–Trinajstić information content (AvgIpc) is 2.17. The molecular formula is C6H9NOS. The second-order valence-electron chi connectivity index (χ2n) is 1.82. The molecule has 0 unspecified atom stereocenters. The van der Waals surface area contributed by atoms with Gasteiger partial charge in [-0.25, -0.2) is 4.98 Å². The molecule has 0 radical (unpaired) electrons. The van der Waals surface area contributed by atoms with Crippen LogP contribution in [0.2, 0.25) is 0 Å². The first-order valence-corrected chi connectivity index (χ1v) is 3.61. The Morgan fingerprint density at radius 1 is 1.78 bits per heavy atom. The number of ether oxygens (including phenoxy) is 1. The molecular weight excluding hydrogens is 134 g/mol. The highest BCUT2D eigenvalue weighted by Gasteiger charge is 1.94. The predicted molar refractivity (Wildman–Crippen MR) is 37.6 cm³/mol. The maximum atomic E-state index is 4.89. The molecule has 0 saturated heterocycles. The van der Waals surface area contributed by atoms with E-state index in [1.54, 1.807) is 18.4 Å². The van der Waals surface area contributed by atoms with Crippen molar-refractivity contribution in [2.75, 3.05) is 7.11 Å². The Labute approximate surface area is 58.5 Å². The Bertz CT molecular complexity index is 185. The van der Waals surface area contributed by atoms with Crippen molar-refractivity contribution in [3.05, 3.63) is 16.1 Å². The summed E-state index contributed by atoms with van der Waals surface area (Å²) >= 11 is 1.64. The van der Waals surface area contributed by atoms with Gasteiger partial charge in [-0.1, -0.05) is 0 Å². The van der Waals surface area contributed by atoms with Crippen molar-refractivity contribution >= 4 is 11.3 Å². The Hall–Kier alpha value is -0.410. The molecule has 0 aromatic carbocycles. The van der Waals surface area contributed by atoms with Gasteiger partial charge in [-0.15, -0.1) is 11.3 Å². The van der Waals surface area contributed by atoms with Gasteiger partial charge in [-0.05, 0) is 6.92 Å². The van der Waals surface area contributed by atoms with Crippen LogP contribution in [0.25, 0.3) is 0 Å². The Morgan fingerprint density at radius 2 is 2.56 bits per heavy atom. The lowest BCUT2D eigenvalue weighted by Gasteiger charge is -1.88. The molecule has 0 aliphatic heterocycles. The van der Waals surface area contributed by atoms with Crippen molar-refractivity contribution in [1.29, 1.82) is 0 Å². The van der Waals surface area contributed by atoms with Crippen LogP contribution in [0.15, 0.2) is 5.38 Å². The topological polar surface area (TPSA) is 22.1 Å². The third-order valence-corrected chi connectivity index (χ3v) is 1.87. The Kier molecular flexibility index (Phi) is 2.19. The quantitative estimate of drug-likeness (QED) is 0.627. The number of hydrogen-bond acceptors (Lipinski definition) is 3. The number of nitrogens with zero attached hydrogens (tertiary/aromatic N) is 1. The molecule has 0 aliphatic rings. The fourth-order valence-electron chi connectivity index (χ4n) is 0.592. The highest BCUT2D eigenvalue weighted by molar-refractivity contribution is 7.09. The van der Waals surface area contributed by atoms with Crippen LogP contribution >= 0.6 is 11.3 Å². The van der Waals surface area contributed by atoms with Gasteiger partial charge in [0.2, 0.25) is 0 Å². The van der Waals surface area contributed by atoms with Crippen molar-refractivity contribution in [1.82, 2.24) is 4.98 Å². The maximum Gasteiger partial charge on any atom is 0.119 e. The summed E-state index contributed by atoms with van der Waals surface area (Å²) in [5.41, 5.74) is 1.08. The minimum atomic E-state index is 0.637. The second-order valence-corrected chi connectivity index (χ2v) is 2.76. The molecule has 0 saturated carbocycles. The van der Waals surface area contributed by atoms with Crippen LogP contribution < -0.4 is 0 Å². The average molecular weight is 143 g/mol. The van der Waals surface area contributed by atoms with Crippen LogP contribution in [-0.2, 0) is 11.3 Å². The lowest BCUT2D eigenvalue weighted by Crippen LogP contribution is -1.84. The van der Waals surface area contributed by atoms with Crippen molar-refractivity contribution < 1.29 is 4.74 Å². The third kappa shape index (κ3) is 1.77. The van der Waals surface area contributed by atoms with Crippen molar-refractivity contribution in [3.8, 4) is 0 Å². The lowest BCUT2D eigenvalue weighted by atomic mass is 10.6. The van der Waals surface area contributed by atoms with Crippen molar-refractivity contribution in [2.24, 2.45) is 0 Å². The zero-order valence-electron chi connectivity index (χ0n) is 5.55. The lowest BCUT2D eigenvalue weighted by molar-refractivity contribution is 0.184. The smallest absolute Gasteiger partial charge is 0.119 e. The molecule has 2 nitrogen and oxygen atoms in total. The summed E-state index contributed by atoms with van der Waals surface area (Å²) in [4.78, 5) is 4.19. The normalized spacial score (nSPS) is 10.0. The number of aromatic nitrogens is 1. The minimum Gasteiger partial charge on any atom is -0.378 e. The highest BCUT2D eigenvalue weighted by atomic mass is 32.1. The summed E-state index contributed by atoms with van der Waals surface area (Å²) < 4.78 is 4.89. The number of aryl methyl sites for hydroxylation is 1. The molecule has 0 atom stereocenters. The van der Waals surface area contributed by atoms with Gasteiger partial charge < -0.3 is 4.74 Å². The molecule has 1 heterocycles. The van der Waals surface area contributed by atoms with E-state index in [0.717, 1.165) is 10.7 Å². The molecule has 1 aromatic heterocycles. The first-order chi connectivity index (χ1) is 4.33. The first kappa shape index (κ1) is 6.71. The molecule has 50 valence electrons. The van der Waals surface area contributed by atoms with Crippen LogP contribution in [0.3, 0.4) is 0 Å². The highest BCUT2D eigenvalue weighted by Crippen LogP contribution is 2.08. The molecule has 0 spiro atoms. The van der Waals surface area contributed by atoms with Crippen LogP contribution in [0.1, 0.15) is 10.7 Å². The fraction of sp³-hybridized carbons (Fsp3) is 0.500. The van der Waals surface area contributed by atoms with E-state index < -0.39 is 0 Å². The van der Waals surface area contributed by atoms with Gasteiger partial charge in [0, 0.05) is 18.2 Å². The van der Waals surface area contributed by atoms with Crippen LogP contribution in [0, 0.1) is 6.92 Å². The molecule has 0 amide bonds. The van der Waals surface area contributed by atoms with Gasteiger partial charge in [0.15, 0.2) is 0 Å². The number of hydrogen-bond donors (Lipinski definition) is 0. The van der Waals surface area contributed by atoms with Gasteiger partial charge in [0.25, 0.3) is 0 Å². The molecule has 1 aromatic rings. The van der Waals surface area contributed by atoms with Gasteiger partial charge in [0.1, 0.15) is 5.01 Å². The largest absolute Gasteiger partial charge is 0.378 e. The molecule has 0 aliphatic carbocycles. The number of thiazole rings is 1. The van der Waals surface area contributed by atoms with Gasteiger partial charge in [-0.2, -0.15) is 0 Å². The van der Waals surface area contributed by atoms with E-state index in [4.69, 9.17) is 4.74 Å². The van der Waals surface area contributed by atoms with Crippen LogP contribution in [0.5, 0.6) is 0 Å². The van der Waals surface area contributed by atoms with Gasteiger partial charge >= 0.3 is 0 Å². The second kappa shape index (κ2) is 2.94. The van der Waals surface area contributed by atoms with Crippen molar-refractivity contribution in [2.45, 2.75) is 13.5 Å². The zero-order chi connectivity index (χ0) is 6.69. The molecule has 0 fully saturated rings. The molecule has 1 rings (SSSR count). The standard InChI is InChI=1S/C6H9NOS/c1-5-4-9-6(7-5)3-8-2/h4H,3H2,1-2H3. The zero-order valence-corrected chi connectivity index (χ0v) is 6.36. The molecule has 0 bridgehead atoms. The van der Waals surface area contributed by atoms with Crippen LogP contribution in [-0.4, -0.2) is 12.1 Å². The van der Waals surface area contributed by atoms with Gasteiger partial charge in [-0.3, -0.25) is 0 Å². The summed E-state index contributed by atoms with van der Waals surface area (Å²) in [6.45, 7) is 2.62. The SMILES string of the molecule is COCc1nc(C)cs1. The fourth-order valence-corrected chi connectivity index (χ4v) is 1.33. The summed E-state index contributed by atoms with van der Waals surface area (Å²) in [6, 6.07) is 0. The summed E-state index contributed by atoms with van der Waals surface area (Å²) in [5.74, 6) is 0. The Balaban J connectivity index is 2.61. The Morgan fingerprint density at radius 3 is 3.00 bits per heavy atom. The van der Waals surface area contributed by atoms with E-state index in [9.17, 15) is 0 Å². The van der Waals surface area contributed by atoms with E-state index in [0.29, 0.717) is 6.61 Å². The summed E-state index contributed by atoms with van der Waals surface area (Å²) in [6.07, 6.45) is 0. The number of rotatable bonds is 2. The molecule has 9 heavy (non-hydrogen) atoms. The van der Waals surface area contributed by atoms with E-state index in [2.05, 4.69) is 4.98 Å². The number of methoxy groups -OCH3 is 1. The van der Waals surface area contributed by atoms with E-state index >= 15 is 0 Å². The van der Waals surface area contributed by atoms with E-state index in [-0.39, 0.29) is 0 Å². The van der Waals surface area contributed by atoms with E-state index in [1.807, 2.05) is 12.3 Å². The van der Waals surface area contributed by atoms with Crippen LogP contribution in [0.4, 0.5) is 0 Å².